The highest BCUT2D eigenvalue weighted by atomic mass is 32.2. The van der Waals surface area contributed by atoms with Crippen molar-refractivity contribution in [1.29, 1.82) is 0 Å². The summed E-state index contributed by atoms with van der Waals surface area (Å²) in [5.74, 6) is 0. The molecule has 2 N–H and O–H groups in total. The number of likely N-dealkylation sites (N-methyl/N-ethyl adjacent to an activating group) is 1. The van der Waals surface area contributed by atoms with Crippen LogP contribution in [0.4, 0.5) is 0 Å². The molecule has 0 aliphatic carbocycles. The van der Waals surface area contributed by atoms with Gasteiger partial charge in [0.25, 0.3) is 10.2 Å². The first-order chi connectivity index (χ1) is 7.29. The number of hydrogen-bond donors (Lipinski definition) is 2. The molecule has 1 atom stereocenters. The Balaban J connectivity index is 4.22. The van der Waals surface area contributed by atoms with Gasteiger partial charge in [0, 0.05) is 32.8 Å². The summed E-state index contributed by atoms with van der Waals surface area (Å²) in [4.78, 5) is 1.92. The zero-order chi connectivity index (χ0) is 12.8. The molecule has 0 saturated heterocycles. The topological polar surface area (TPSA) is 72.9 Å². The highest BCUT2D eigenvalue weighted by molar-refractivity contribution is 7.87. The predicted molar refractivity (Wildman–Crippen MR) is 64.4 cm³/mol. The average Bonchev–Trinajstić information content (AvgIpc) is 2.11. The SMILES string of the molecule is CC(CN(C)C)NS(=O)(=O)N(C)CCCO. The fourth-order valence-corrected chi connectivity index (χ4v) is 2.48. The lowest BCUT2D eigenvalue weighted by molar-refractivity contribution is 0.274. The normalized spacial score (nSPS) is 14.7. The summed E-state index contributed by atoms with van der Waals surface area (Å²) in [6, 6.07) is -0.142. The van der Waals surface area contributed by atoms with Crippen LogP contribution in [0.1, 0.15) is 13.3 Å². The summed E-state index contributed by atoms with van der Waals surface area (Å²) in [5, 5.41) is 8.63. The van der Waals surface area contributed by atoms with Crippen LogP contribution in [0.15, 0.2) is 0 Å². The monoisotopic (exact) mass is 253 g/mol. The molecule has 16 heavy (non-hydrogen) atoms. The van der Waals surface area contributed by atoms with Crippen LogP contribution in [0, 0.1) is 0 Å². The zero-order valence-electron chi connectivity index (χ0n) is 10.5. The van der Waals surface area contributed by atoms with Crippen LogP contribution in [-0.2, 0) is 10.2 Å². The number of rotatable bonds is 8. The molecule has 0 saturated carbocycles. The van der Waals surface area contributed by atoms with E-state index >= 15 is 0 Å². The Labute approximate surface area is 98.4 Å². The second-order valence-electron chi connectivity index (χ2n) is 4.18. The van der Waals surface area contributed by atoms with Gasteiger partial charge in [-0.25, -0.2) is 0 Å². The third-order valence-corrected chi connectivity index (χ3v) is 3.73. The van der Waals surface area contributed by atoms with Crippen molar-refractivity contribution in [3.63, 3.8) is 0 Å². The zero-order valence-corrected chi connectivity index (χ0v) is 11.3. The smallest absolute Gasteiger partial charge is 0.279 e. The maximum atomic E-state index is 11.7. The van der Waals surface area contributed by atoms with Gasteiger partial charge >= 0.3 is 0 Å². The minimum absolute atomic E-state index is 0.00683. The van der Waals surface area contributed by atoms with Crippen molar-refractivity contribution < 1.29 is 13.5 Å². The summed E-state index contributed by atoms with van der Waals surface area (Å²) in [5.41, 5.74) is 0. The Morgan fingerprint density at radius 2 is 1.88 bits per heavy atom. The minimum atomic E-state index is -3.43. The van der Waals surface area contributed by atoms with Crippen molar-refractivity contribution in [3.8, 4) is 0 Å². The molecule has 0 aromatic heterocycles. The number of aliphatic hydroxyl groups is 1. The summed E-state index contributed by atoms with van der Waals surface area (Å²) in [6.07, 6.45) is 0.444. The predicted octanol–water partition coefficient (Wildman–Crippen LogP) is -0.915. The molecular weight excluding hydrogens is 230 g/mol. The van der Waals surface area contributed by atoms with Crippen molar-refractivity contribution in [2.75, 3.05) is 40.8 Å². The maximum absolute atomic E-state index is 11.7. The van der Waals surface area contributed by atoms with Gasteiger partial charge in [-0.05, 0) is 27.4 Å². The number of nitrogens with zero attached hydrogens (tertiary/aromatic N) is 2. The van der Waals surface area contributed by atoms with Gasteiger partial charge in [0.15, 0.2) is 0 Å². The second kappa shape index (κ2) is 7.18. The molecule has 0 bridgehead atoms. The summed E-state index contributed by atoms with van der Waals surface area (Å²) in [6.45, 7) is 2.78. The van der Waals surface area contributed by atoms with Crippen LogP contribution in [-0.4, -0.2) is 69.6 Å². The quantitative estimate of drug-likeness (QED) is 0.587. The van der Waals surface area contributed by atoms with Gasteiger partial charge in [0.1, 0.15) is 0 Å². The Kier molecular flexibility index (Phi) is 7.09. The molecule has 0 aromatic rings. The van der Waals surface area contributed by atoms with E-state index in [-0.39, 0.29) is 12.6 Å². The lowest BCUT2D eigenvalue weighted by atomic mass is 10.3. The molecule has 0 radical (unpaired) electrons. The van der Waals surface area contributed by atoms with E-state index < -0.39 is 10.2 Å². The van der Waals surface area contributed by atoms with Gasteiger partial charge in [0.05, 0.1) is 0 Å². The molecule has 0 amide bonds. The lowest BCUT2D eigenvalue weighted by Crippen LogP contribution is -2.46. The van der Waals surface area contributed by atoms with Crippen molar-refractivity contribution in [2.24, 2.45) is 0 Å². The Morgan fingerprint density at radius 1 is 1.31 bits per heavy atom. The third kappa shape index (κ3) is 6.39. The molecule has 7 heteroatoms. The van der Waals surface area contributed by atoms with E-state index in [2.05, 4.69) is 4.72 Å². The molecule has 98 valence electrons. The first-order valence-corrected chi connectivity index (χ1v) is 6.72. The van der Waals surface area contributed by atoms with Gasteiger partial charge in [-0.15, -0.1) is 0 Å². The van der Waals surface area contributed by atoms with Gasteiger partial charge in [-0.1, -0.05) is 0 Å². The first-order valence-electron chi connectivity index (χ1n) is 5.28. The van der Waals surface area contributed by atoms with E-state index in [0.717, 1.165) is 0 Å². The van der Waals surface area contributed by atoms with E-state index in [1.165, 1.54) is 11.4 Å². The van der Waals surface area contributed by atoms with Gasteiger partial charge < -0.3 is 10.0 Å². The van der Waals surface area contributed by atoms with Crippen LogP contribution in [0.2, 0.25) is 0 Å². The Hall–Kier alpha value is -0.210. The molecule has 1 unspecified atom stereocenters. The lowest BCUT2D eigenvalue weighted by Gasteiger charge is -2.22. The summed E-state index contributed by atoms with van der Waals surface area (Å²) in [7, 11) is 1.85. The highest BCUT2D eigenvalue weighted by Gasteiger charge is 2.19. The van der Waals surface area contributed by atoms with Crippen molar-refractivity contribution in [1.82, 2.24) is 13.9 Å². The van der Waals surface area contributed by atoms with Crippen LogP contribution < -0.4 is 4.72 Å². The van der Waals surface area contributed by atoms with Gasteiger partial charge in [0.2, 0.25) is 0 Å². The fraction of sp³-hybridized carbons (Fsp3) is 1.00. The molecule has 6 nitrogen and oxygen atoms in total. The van der Waals surface area contributed by atoms with Crippen molar-refractivity contribution >= 4 is 10.2 Å². The average molecular weight is 253 g/mol. The Morgan fingerprint density at radius 3 is 2.31 bits per heavy atom. The van der Waals surface area contributed by atoms with E-state index in [0.29, 0.717) is 19.5 Å². The maximum Gasteiger partial charge on any atom is 0.279 e. The van der Waals surface area contributed by atoms with Crippen LogP contribution >= 0.6 is 0 Å². The van der Waals surface area contributed by atoms with E-state index in [4.69, 9.17) is 5.11 Å². The molecule has 0 heterocycles. The first kappa shape index (κ1) is 15.8. The van der Waals surface area contributed by atoms with Crippen molar-refractivity contribution in [3.05, 3.63) is 0 Å². The molecular formula is C9H23N3O3S. The van der Waals surface area contributed by atoms with Crippen LogP contribution in [0.25, 0.3) is 0 Å². The van der Waals surface area contributed by atoms with E-state index in [9.17, 15) is 8.42 Å². The molecule has 0 aromatic carbocycles. The molecule has 0 rings (SSSR count). The fourth-order valence-electron chi connectivity index (χ4n) is 1.34. The molecule has 0 spiro atoms. The van der Waals surface area contributed by atoms with E-state index in [1.807, 2.05) is 25.9 Å². The van der Waals surface area contributed by atoms with Crippen LogP contribution in [0.3, 0.4) is 0 Å². The third-order valence-electron chi connectivity index (χ3n) is 2.03. The summed E-state index contributed by atoms with van der Waals surface area (Å²) < 4.78 is 27.3. The molecule has 0 aliphatic rings. The van der Waals surface area contributed by atoms with Crippen molar-refractivity contribution in [2.45, 2.75) is 19.4 Å². The largest absolute Gasteiger partial charge is 0.396 e. The summed E-state index contributed by atoms with van der Waals surface area (Å²) >= 11 is 0. The van der Waals surface area contributed by atoms with Gasteiger partial charge in [-0.2, -0.15) is 17.4 Å². The molecule has 0 fully saturated rings. The second-order valence-corrected chi connectivity index (χ2v) is 5.99. The highest BCUT2D eigenvalue weighted by Crippen LogP contribution is 1.98. The minimum Gasteiger partial charge on any atom is -0.396 e. The van der Waals surface area contributed by atoms with Gasteiger partial charge in [-0.3, -0.25) is 0 Å². The Bertz CT molecular complexity index is 280. The number of nitrogens with one attached hydrogen (secondary N) is 1. The van der Waals surface area contributed by atoms with Crippen LogP contribution in [0.5, 0.6) is 0 Å². The number of aliphatic hydroxyl groups excluding tert-OH is 1. The number of hydrogen-bond acceptors (Lipinski definition) is 4. The standard InChI is InChI=1S/C9H23N3O3S/c1-9(8-11(2)3)10-16(14,15)12(4)6-5-7-13/h9-10,13H,5-8H2,1-4H3. The molecule has 0 aliphatic heterocycles. The van der Waals surface area contributed by atoms with E-state index in [1.54, 1.807) is 0 Å².